The Morgan fingerprint density at radius 2 is 1.70 bits per heavy atom. The molecule has 0 radical (unpaired) electrons. The van der Waals surface area contributed by atoms with Gasteiger partial charge >= 0.3 is 5.69 Å². The predicted octanol–water partition coefficient (Wildman–Crippen LogP) is 0.793. The summed E-state index contributed by atoms with van der Waals surface area (Å²) in [6.07, 6.45) is 0. The van der Waals surface area contributed by atoms with Crippen LogP contribution in [0.2, 0.25) is 0 Å². The molecule has 1 aromatic heterocycles. The van der Waals surface area contributed by atoms with Crippen molar-refractivity contribution in [1.82, 2.24) is 24.3 Å². The molecule has 0 aliphatic carbocycles. The second kappa shape index (κ2) is 6.29. The van der Waals surface area contributed by atoms with Crippen molar-refractivity contribution in [2.75, 3.05) is 0 Å². The Labute approximate surface area is 152 Å². The van der Waals surface area contributed by atoms with Crippen molar-refractivity contribution in [2.24, 2.45) is 14.1 Å². The highest BCUT2D eigenvalue weighted by Gasteiger charge is 2.20. The lowest BCUT2D eigenvalue weighted by Gasteiger charge is -2.10. The number of nitrogens with zero attached hydrogens (tertiary/aromatic N) is 5. The molecule has 1 N–H and O–H groups in total. The number of benzene rings is 1. The van der Waals surface area contributed by atoms with Crippen molar-refractivity contribution in [1.29, 1.82) is 0 Å². The van der Waals surface area contributed by atoms with Crippen molar-refractivity contribution in [3.05, 3.63) is 62.8 Å². The molecule has 3 heterocycles. The highest BCUT2D eigenvalue weighted by atomic mass is 16.3. The molecular formula is C18H15N5O4. The number of rotatable bonds is 3. The van der Waals surface area contributed by atoms with Gasteiger partial charge in [0.1, 0.15) is 5.76 Å². The van der Waals surface area contributed by atoms with E-state index in [2.05, 4.69) is 15.1 Å². The van der Waals surface area contributed by atoms with E-state index in [1.54, 1.807) is 31.3 Å². The van der Waals surface area contributed by atoms with Gasteiger partial charge in [0.25, 0.3) is 5.56 Å². The van der Waals surface area contributed by atoms with Crippen LogP contribution in [0.1, 0.15) is 5.56 Å². The number of aliphatic hydroxyl groups excluding tert-OH is 1. The molecule has 27 heavy (non-hydrogen) atoms. The number of hydrogen-bond donors (Lipinski definition) is 1. The van der Waals surface area contributed by atoms with Gasteiger partial charge in [0.15, 0.2) is 17.3 Å². The Morgan fingerprint density at radius 3 is 2.41 bits per heavy atom. The van der Waals surface area contributed by atoms with Crippen molar-refractivity contribution >= 4 is 0 Å². The van der Waals surface area contributed by atoms with Gasteiger partial charge < -0.3 is 9.52 Å². The van der Waals surface area contributed by atoms with Crippen LogP contribution in [-0.4, -0.2) is 29.4 Å². The van der Waals surface area contributed by atoms with Gasteiger partial charge in [0, 0.05) is 19.7 Å². The molecule has 0 saturated carbocycles. The molecule has 0 atom stereocenters. The van der Waals surface area contributed by atoms with Crippen LogP contribution in [0, 0.1) is 0 Å². The molecular weight excluding hydrogens is 350 g/mol. The van der Waals surface area contributed by atoms with E-state index in [0.717, 1.165) is 15.7 Å². The van der Waals surface area contributed by atoms with Gasteiger partial charge in [0.2, 0.25) is 5.82 Å². The van der Waals surface area contributed by atoms with Crippen LogP contribution in [0.4, 0.5) is 0 Å². The molecule has 136 valence electrons. The van der Waals surface area contributed by atoms with Crippen LogP contribution < -0.4 is 11.2 Å². The zero-order valence-corrected chi connectivity index (χ0v) is 14.6. The zero-order chi connectivity index (χ0) is 19.1. The minimum absolute atomic E-state index is 0.0286. The summed E-state index contributed by atoms with van der Waals surface area (Å²) >= 11 is 0. The van der Waals surface area contributed by atoms with Crippen molar-refractivity contribution in [3.63, 3.8) is 0 Å². The monoisotopic (exact) mass is 365 g/mol. The van der Waals surface area contributed by atoms with E-state index in [1.807, 2.05) is 12.1 Å². The summed E-state index contributed by atoms with van der Waals surface area (Å²) in [7, 11) is 2.93. The SMILES string of the molecule is Cn1nc(-c2ccc(-c3ccc(CO)cc3)o2)nc2c(=O)n(C)c(=O)nc1-2. The van der Waals surface area contributed by atoms with Crippen LogP contribution in [0.15, 0.2) is 50.4 Å². The van der Waals surface area contributed by atoms with Crippen LogP contribution in [0.5, 0.6) is 0 Å². The number of aliphatic hydroxyl groups is 1. The second-order valence-electron chi connectivity index (χ2n) is 6.01. The average Bonchev–Trinajstić information content (AvgIpc) is 3.17. The molecule has 4 rings (SSSR count). The first-order chi connectivity index (χ1) is 13.0. The minimum Gasteiger partial charge on any atom is -0.453 e. The van der Waals surface area contributed by atoms with Crippen molar-refractivity contribution in [2.45, 2.75) is 6.61 Å². The first-order valence-electron chi connectivity index (χ1n) is 8.10. The number of hydrogen-bond acceptors (Lipinski definition) is 7. The molecule has 9 heteroatoms. The molecule has 0 bridgehead atoms. The van der Waals surface area contributed by atoms with Gasteiger partial charge in [-0.3, -0.25) is 9.36 Å². The summed E-state index contributed by atoms with van der Waals surface area (Å²) in [5.41, 5.74) is 0.463. The van der Waals surface area contributed by atoms with Crippen molar-refractivity contribution in [3.8, 4) is 34.4 Å². The molecule has 0 fully saturated rings. The number of aromatic nitrogens is 5. The third-order valence-electron chi connectivity index (χ3n) is 4.22. The lowest BCUT2D eigenvalue weighted by atomic mass is 10.1. The molecule has 0 amide bonds. The fraction of sp³-hybridized carbons (Fsp3) is 0.167. The van der Waals surface area contributed by atoms with E-state index in [0.29, 0.717) is 11.5 Å². The van der Waals surface area contributed by atoms with Crippen LogP contribution in [0.25, 0.3) is 34.4 Å². The summed E-state index contributed by atoms with van der Waals surface area (Å²) in [6, 6.07) is 10.8. The Kier molecular flexibility index (Phi) is 3.93. The van der Waals surface area contributed by atoms with Crippen LogP contribution >= 0.6 is 0 Å². The van der Waals surface area contributed by atoms with E-state index < -0.39 is 11.2 Å². The Balaban J connectivity index is 1.81. The topological polar surface area (TPSA) is 116 Å². The lowest BCUT2D eigenvalue weighted by molar-refractivity contribution is 0.282. The maximum absolute atomic E-state index is 12.3. The second-order valence-corrected chi connectivity index (χ2v) is 6.01. The van der Waals surface area contributed by atoms with E-state index in [1.165, 1.54) is 11.7 Å². The number of furan rings is 1. The van der Waals surface area contributed by atoms with E-state index in [-0.39, 0.29) is 23.9 Å². The quantitative estimate of drug-likeness (QED) is 0.570. The van der Waals surface area contributed by atoms with Crippen LogP contribution in [0.3, 0.4) is 0 Å². The summed E-state index contributed by atoms with van der Waals surface area (Å²) in [6.45, 7) is -0.0286. The zero-order valence-electron chi connectivity index (χ0n) is 14.6. The molecule has 2 aliphatic rings. The van der Waals surface area contributed by atoms with Gasteiger partial charge in [-0.15, -0.1) is 5.10 Å². The fourth-order valence-corrected chi connectivity index (χ4v) is 2.69. The third-order valence-corrected chi connectivity index (χ3v) is 4.22. The normalized spacial score (nSPS) is 11.2. The standard InChI is InChI=1S/C18H15N5O4/c1-22-17(25)14-16(20-18(22)26)23(2)21-15(19-14)13-8-7-12(27-13)11-5-3-10(9-24)4-6-11/h3-8,24H,9H2,1-2H3. The maximum Gasteiger partial charge on any atom is 0.352 e. The van der Waals surface area contributed by atoms with E-state index in [4.69, 9.17) is 9.52 Å². The highest BCUT2D eigenvalue weighted by Crippen LogP contribution is 2.27. The van der Waals surface area contributed by atoms with Crippen LogP contribution in [-0.2, 0) is 20.7 Å². The molecule has 2 aromatic rings. The van der Waals surface area contributed by atoms with Gasteiger partial charge in [-0.25, -0.2) is 14.5 Å². The molecule has 0 unspecified atom stereocenters. The number of aryl methyl sites for hydroxylation is 1. The Morgan fingerprint density at radius 1 is 1.00 bits per heavy atom. The maximum atomic E-state index is 12.3. The molecule has 1 aromatic carbocycles. The van der Waals surface area contributed by atoms with Gasteiger partial charge in [0.05, 0.1) is 6.61 Å². The largest absolute Gasteiger partial charge is 0.453 e. The average molecular weight is 365 g/mol. The van der Waals surface area contributed by atoms with Gasteiger partial charge in [-0.05, 0) is 17.7 Å². The minimum atomic E-state index is -0.661. The smallest absolute Gasteiger partial charge is 0.352 e. The first-order valence-corrected chi connectivity index (χ1v) is 8.10. The van der Waals surface area contributed by atoms with Gasteiger partial charge in [-0.2, -0.15) is 4.98 Å². The molecule has 2 aliphatic heterocycles. The van der Waals surface area contributed by atoms with Gasteiger partial charge in [-0.1, -0.05) is 24.3 Å². The summed E-state index contributed by atoms with van der Waals surface area (Å²) in [5.74, 6) is 1.29. The Hall–Kier alpha value is -3.59. The third kappa shape index (κ3) is 2.83. The van der Waals surface area contributed by atoms with Crippen molar-refractivity contribution < 1.29 is 9.52 Å². The molecule has 0 saturated heterocycles. The highest BCUT2D eigenvalue weighted by molar-refractivity contribution is 5.63. The van der Waals surface area contributed by atoms with E-state index >= 15 is 0 Å². The summed E-state index contributed by atoms with van der Waals surface area (Å²) in [4.78, 5) is 32.1. The molecule has 0 spiro atoms. The Bertz CT molecular complexity index is 1220. The summed E-state index contributed by atoms with van der Waals surface area (Å²) < 4.78 is 8.07. The van der Waals surface area contributed by atoms with E-state index in [9.17, 15) is 9.59 Å². The summed E-state index contributed by atoms with van der Waals surface area (Å²) in [5, 5.41) is 13.4. The number of fused-ring (bicyclic) bond motifs is 1. The predicted molar refractivity (Wildman–Crippen MR) is 96.0 cm³/mol. The first kappa shape index (κ1) is 16.9. The fourth-order valence-electron chi connectivity index (χ4n) is 2.69. The molecule has 9 nitrogen and oxygen atoms in total. The lowest BCUT2D eigenvalue weighted by Crippen LogP contribution is -2.36.